The Morgan fingerprint density at radius 1 is 1.58 bits per heavy atom. The van der Waals surface area contributed by atoms with Crippen LogP contribution in [0.4, 0.5) is 4.39 Å². The summed E-state index contributed by atoms with van der Waals surface area (Å²) in [5.41, 5.74) is 0.00902. The molecule has 0 spiro atoms. The van der Waals surface area contributed by atoms with E-state index in [1.165, 1.54) is 12.1 Å². The fourth-order valence-corrected chi connectivity index (χ4v) is 2.64. The Kier molecular flexibility index (Phi) is 3.84. The van der Waals surface area contributed by atoms with Gasteiger partial charge in [0.05, 0.1) is 6.07 Å². The number of carbonyl (C=O) groups is 1. The van der Waals surface area contributed by atoms with E-state index in [1.54, 1.807) is 6.07 Å². The van der Waals surface area contributed by atoms with Gasteiger partial charge in [0.2, 0.25) is 5.91 Å². The smallest absolute Gasteiger partial charge is 0.240 e. The normalized spacial score (nSPS) is 25.2. The van der Waals surface area contributed by atoms with Gasteiger partial charge in [-0.05, 0) is 42.9 Å². The van der Waals surface area contributed by atoms with Crippen molar-refractivity contribution in [3.8, 4) is 6.07 Å². The summed E-state index contributed by atoms with van der Waals surface area (Å²) >= 11 is 0. The molecule has 19 heavy (non-hydrogen) atoms. The largest absolute Gasteiger partial charge is 0.354 e. The summed E-state index contributed by atoms with van der Waals surface area (Å²) in [7, 11) is 0. The van der Waals surface area contributed by atoms with E-state index in [4.69, 9.17) is 5.26 Å². The maximum atomic E-state index is 13.0. The fourth-order valence-electron chi connectivity index (χ4n) is 2.64. The molecule has 1 saturated carbocycles. The van der Waals surface area contributed by atoms with Crippen molar-refractivity contribution in [1.82, 2.24) is 5.32 Å². The first-order chi connectivity index (χ1) is 9.05. The molecule has 1 fully saturated rings. The van der Waals surface area contributed by atoms with Crippen molar-refractivity contribution in [2.24, 2.45) is 11.3 Å². The highest BCUT2D eigenvalue weighted by Crippen LogP contribution is 2.44. The van der Waals surface area contributed by atoms with Crippen molar-refractivity contribution in [1.29, 1.82) is 5.26 Å². The zero-order valence-electron chi connectivity index (χ0n) is 10.9. The lowest BCUT2D eigenvalue weighted by molar-refractivity contribution is -0.133. The lowest BCUT2D eigenvalue weighted by Crippen LogP contribution is -2.48. The van der Waals surface area contributed by atoms with E-state index in [1.807, 2.05) is 13.0 Å². The highest BCUT2D eigenvalue weighted by atomic mass is 19.1. The molecule has 0 unspecified atom stereocenters. The monoisotopic (exact) mass is 260 g/mol. The zero-order chi connectivity index (χ0) is 13.9. The molecule has 1 amide bonds. The number of benzene rings is 1. The van der Waals surface area contributed by atoms with E-state index < -0.39 is 5.41 Å². The summed E-state index contributed by atoms with van der Waals surface area (Å²) < 4.78 is 13.0. The number of nitrogens with one attached hydrogen (secondary N) is 1. The van der Waals surface area contributed by atoms with Crippen LogP contribution in [0.2, 0.25) is 0 Å². The molecule has 3 nitrogen and oxygen atoms in total. The standard InChI is InChI=1S/C15H17FN2O/c1-11-8-15(9-11,10-17)14(19)18-6-5-12-3-2-4-13(16)7-12/h2-4,7,11H,5-6,8-9H2,1H3,(H,18,19). The molecule has 1 aromatic rings. The minimum atomic E-state index is -0.832. The molecule has 0 bridgehead atoms. The SMILES string of the molecule is CC1CC(C#N)(C(=O)NCCc2cccc(F)c2)C1. The minimum Gasteiger partial charge on any atom is -0.354 e. The van der Waals surface area contributed by atoms with Crippen LogP contribution in [-0.2, 0) is 11.2 Å². The van der Waals surface area contributed by atoms with Gasteiger partial charge in [-0.1, -0.05) is 19.1 Å². The predicted molar refractivity (Wildman–Crippen MR) is 69.6 cm³/mol. The highest BCUT2D eigenvalue weighted by Gasteiger charge is 2.48. The molecule has 0 aliphatic heterocycles. The summed E-state index contributed by atoms with van der Waals surface area (Å²) in [6.45, 7) is 2.47. The quantitative estimate of drug-likeness (QED) is 0.904. The Morgan fingerprint density at radius 2 is 2.32 bits per heavy atom. The van der Waals surface area contributed by atoms with Gasteiger partial charge in [-0.25, -0.2) is 4.39 Å². The Bertz CT molecular complexity index is 515. The van der Waals surface area contributed by atoms with Crippen molar-refractivity contribution in [3.05, 3.63) is 35.6 Å². The predicted octanol–water partition coefficient (Wildman–Crippen LogP) is 2.42. The molecule has 1 aromatic carbocycles. The van der Waals surface area contributed by atoms with Crippen LogP contribution < -0.4 is 5.32 Å². The van der Waals surface area contributed by atoms with Gasteiger partial charge < -0.3 is 5.32 Å². The van der Waals surface area contributed by atoms with E-state index in [0.717, 1.165) is 5.56 Å². The third-order valence-electron chi connectivity index (χ3n) is 3.63. The number of nitriles is 1. The number of nitrogens with zero attached hydrogens (tertiary/aromatic N) is 1. The molecular weight excluding hydrogens is 243 g/mol. The summed E-state index contributed by atoms with van der Waals surface area (Å²) in [5, 5.41) is 11.9. The van der Waals surface area contributed by atoms with E-state index >= 15 is 0 Å². The number of halogens is 1. The van der Waals surface area contributed by atoms with Crippen LogP contribution >= 0.6 is 0 Å². The van der Waals surface area contributed by atoms with E-state index in [0.29, 0.717) is 31.7 Å². The van der Waals surface area contributed by atoms with Crippen LogP contribution in [0.3, 0.4) is 0 Å². The molecule has 0 atom stereocenters. The van der Waals surface area contributed by atoms with Gasteiger partial charge in [0.25, 0.3) is 0 Å². The molecule has 0 saturated heterocycles. The van der Waals surface area contributed by atoms with Gasteiger partial charge >= 0.3 is 0 Å². The van der Waals surface area contributed by atoms with Crippen LogP contribution in [0.5, 0.6) is 0 Å². The average molecular weight is 260 g/mol. The van der Waals surface area contributed by atoms with Crippen LogP contribution in [0.1, 0.15) is 25.3 Å². The maximum Gasteiger partial charge on any atom is 0.240 e. The molecular formula is C15H17FN2O. The van der Waals surface area contributed by atoms with Crippen LogP contribution in [0.25, 0.3) is 0 Å². The lowest BCUT2D eigenvalue weighted by Gasteiger charge is -2.39. The molecule has 1 aliphatic carbocycles. The van der Waals surface area contributed by atoms with Gasteiger partial charge in [-0.2, -0.15) is 5.26 Å². The Hall–Kier alpha value is -1.89. The minimum absolute atomic E-state index is 0.190. The number of hydrogen-bond acceptors (Lipinski definition) is 2. The van der Waals surface area contributed by atoms with Crippen molar-refractivity contribution in [3.63, 3.8) is 0 Å². The van der Waals surface area contributed by atoms with Crippen molar-refractivity contribution in [2.45, 2.75) is 26.2 Å². The van der Waals surface area contributed by atoms with Crippen LogP contribution in [0.15, 0.2) is 24.3 Å². The van der Waals surface area contributed by atoms with E-state index in [-0.39, 0.29) is 11.7 Å². The van der Waals surface area contributed by atoms with E-state index in [9.17, 15) is 9.18 Å². The first kappa shape index (κ1) is 13.5. The summed E-state index contributed by atoms with van der Waals surface area (Å²) in [4.78, 5) is 12.0. The first-order valence-electron chi connectivity index (χ1n) is 6.50. The van der Waals surface area contributed by atoms with Gasteiger partial charge in [0.1, 0.15) is 11.2 Å². The number of carbonyl (C=O) groups excluding carboxylic acids is 1. The third-order valence-corrected chi connectivity index (χ3v) is 3.63. The summed E-state index contributed by atoms with van der Waals surface area (Å²) in [6, 6.07) is 8.45. The number of amides is 1. The molecule has 0 radical (unpaired) electrons. The van der Waals surface area contributed by atoms with Crippen LogP contribution in [-0.4, -0.2) is 12.5 Å². The van der Waals surface area contributed by atoms with Gasteiger partial charge in [-0.15, -0.1) is 0 Å². The summed E-state index contributed by atoms with van der Waals surface area (Å²) in [6.07, 6.45) is 1.84. The molecule has 1 N–H and O–H groups in total. The fraction of sp³-hybridized carbons (Fsp3) is 0.467. The van der Waals surface area contributed by atoms with Gasteiger partial charge in [0, 0.05) is 6.54 Å². The Labute approximate surface area is 112 Å². The summed E-state index contributed by atoms with van der Waals surface area (Å²) in [5.74, 6) is -0.0248. The van der Waals surface area contributed by atoms with Crippen molar-refractivity contribution < 1.29 is 9.18 Å². The second-order valence-electron chi connectivity index (χ2n) is 5.34. The topological polar surface area (TPSA) is 52.9 Å². The molecule has 100 valence electrons. The number of rotatable bonds is 4. The van der Waals surface area contributed by atoms with E-state index in [2.05, 4.69) is 11.4 Å². The maximum absolute atomic E-state index is 13.0. The number of hydrogen-bond donors (Lipinski definition) is 1. The van der Waals surface area contributed by atoms with Gasteiger partial charge in [-0.3, -0.25) is 4.79 Å². The molecule has 4 heteroatoms. The zero-order valence-corrected chi connectivity index (χ0v) is 10.9. The second kappa shape index (κ2) is 5.40. The molecule has 0 heterocycles. The lowest BCUT2D eigenvalue weighted by atomic mass is 9.63. The van der Waals surface area contributed by atoms with Crippen LogP contribution in [0, 0.1) is 28.5 Å². The molecule has 1 aliphatic rings. The third kappa shape index (κ3) is 2.93. The molecule has 0 aromatic heterocycles. The first-order valence-corrected chi connectivity index (χ1v) is 6.50. The Morgan fingerprint density at radius 3 is 2.89 bits per heavy atom. The second-order valence-corrected chi connectivity index (χ2v) is 5.34. The Balaban J connectivity index is 1.83. The van der Waals surface area contributed by atoms with Crippen molar-refractivity contribution >= 4 is 5.91 Å². The van der Waals surface area contributed by atoms with Gasteiger partial charge in [0.15, 0.2) is 0 Å². The van der Waals surface area contributed by atoms with Crippen molar-refractivity contribution in [2.75, 3.05) is 6.54 Å². The average Bonchev–Trinajstić information content (AvgIpc) is 2.34. The highest BCUT2D eigenvalue weighted by molar-refractivity contribution is 5.86. The molecule has 2 rings (SSSR count).